The van der Waals surface area contributed by atoms with Crippen molar-refractivity contribution in [3.63, 3.8) is 0 Å². The lowest BCUT2D eigenvalue weighted by Crippen LogP contribution is -2.42. The molecule has 0 bridgehead atoms. The van der Waals surface area contributed by atoms with Crippen molar-refractivity contribution >= 4 is 21.7 Å². The minimum atomic E-state index is -4.23. The Labute approximate surface area is 143 Å². The van der Waals surface area contributed by atoms with Gasteiger partial charge < -0.3 is 4.74 Å². The lowest BCUT2D eigenvalue weighted by Gasteiger charge is -2.13. The van der Waals surface area contributed by atoms with Crippen molar-refractivity contribution in [1.29, 1.82) is 0 Å². The highest BCUT2D eigenvalue weighted by Gasteiger charge is 2.25. The molecule has 9 nitrogen and oxygen atoms in total. The second kappa shape index (κ2) is 6.55. The molecule has 0 aliphatic heterocycles. The number of anilines is 1. The van der Waals surface area contributed by atoms with Crippen molar-refractivity contribution in [2.45, 2.75) is 11.8 Å². The number of sulfonamides is 1. The third-order valence-electron chi connectivity index (χ3n) is 3.73. The van der Waals surface area contributed by atoms with Crippen LogP contribution >= 0.6 is 0 Å². The molecule has 10 heteroatoms. The molecule has 0 unspecified atom stereocenters. The molecule has 0 radical (unpaired) electrons. The van der Waals surface area contributed by atoms with Crippen molar-refractivity contribution in [2.75, 3.05) is 11.8 Å². The molecule has 0 aliphatic carbocycles. The number of hydrogen-bond donors (Lipinski definition) is 1. The van der Waals surface area contributed by atoms with Crippen LogP contribution in [0.1, 0.15) is 16.1 Å². The van der Waals surface area contributed by atoms with E-state index in [1.807, 2.05) is 0 Å². The van der Waals surface area contributed by atoms with Gasteiger partial charge in [0.25, 0.3) is 15.6 Å². The van der Waals surface area contributed by atoms with E-state index in [1.165, 1.54) is 52.4 Å². The van der Waals surface area contributed by atoms with Crippen molar-refractivity contribution in [3.05, 3.63) is 56.4 Å². The second-order valence-electron chi connectivity index (χ2n) is 5.29. The molecule has 2 aromatic rings. The molecule has 1 aromatic carbocycles. The maximum absolute atomic E-state index is 12.6. The molecule has 0 aliphatic rings. The molecule has 134 valence electrons. The average Bonchev–Trinajstić information content (AvgIpc) is 2.57. The molecule has 0 fully saturated rings. The molecule has 0 amide bonds. The lowest BCUT2D eigenvalue weighted by molar-refractivity contribution is 0.0601. The Morgan fingerprint density at radius 3 is 2.16 bits per heavy atom. The average molecular weight is 367 g/mol. The van der Waals surface area contributed by atoms with Gasteiger partial charge in [-0.2, -0.15) is 0 Å². The molecule has 1 N–H and O–H groups in total. The maximum atomic E-state index is 12.6. The number of hydrogen-bond acceptors (Lipinski definition) is 6. The summed E-state index contributed by atoms with van der Waals surface area (Å²) < 4.78 is 33.8. The molecular formula is C15H17N3O6S. The van der Waals surface area contributed by atoms with Crippen molar-refractivity contribution in [2.24, 2.45) is 14.1 Å². The van der Waals surface area contributed by atoms with Crippen molar-refractivity contribution in [3.8, 4) is 0 Å². The van der Waals surface area contributed by atoms with Gasteiger partial charge in [0.1, 0.15) is 0 Å². The summed E-state index contributed by atoms with van der Waals surface area (Å²) in [6, 6.07) is 5.50. The Morgan fingerprint density at radius 1 is 1.08 bits per heavy atom. The van der Waals surface area contributed by atoms with E-state index in [4.69, 9.17) is 0 Å². The summed E-state index contributed by atoms with van der Waals surface area (Å²) in [5.74, 6) is -0.558. The molecule has 1 aromatic heterocycles. The summed E-state index contributed by atoms with van der Waals surface area (Å²) >= 11 is 0. The number of carbonyl (C=O) groups excluding carboxylic acids is 1. The zero-order chi connectivity index (χ0) is 18.9. The summed E-state index contributed by atoms with van der Waals surface area (Å²) in [7, 11) is -0.422. The molecular weight excluding hydrogens is 350 g/mol. The van der Waals surface area contributed by atoms with E-state index >= 15 is 0 Å². The maximum Gasteiger partial charge on any atom is 0.337 e. The van der Waals surface area contributed by atoms with Crippen LogP contribution in [0.25, 0.3) is 0 Å². The fourth-order valence-corrected chi connectivity index (χ4v) is 3.66. The van der Waals surface area contributed by atoms with Gasteiger partial charge in [0, 0.05) is 25.5 Å². The Hall–Kier alpha value is -2.88. The van der Waals surface area contributed by atoms with E-state index in [2.05, 4.69) is 9.46 Å². The number of esters is 1. The Kier molecular flexibility index (Phi) is 4.84. The Bertz CT molecular complexity index is 1050. The Balaban J connectivity index is 2.49. The topological polar surface area (TPSA) is 116 Å². The summed E-state index contributed by atoms with van der Waals surface area (Å²) in [4.78, 5) is 35.0. The first-order valence-electron chi connectivity index (χ1n) is 7.08. The van der Waals surface area contributed by atoms with Crippen LogP contribution in [0.3, 0.4) is 0 Å². The highest BCUT2D eigenvalue weighted by Crippen LogP contribution is 2.16. The van der Waals surface area contributed by atoms with Crippen molar-refractivity contribution < 1.29 is 17.9 Å². The van der Waals surface area contributed by atoms with Gasteiger partial charge in [-0.25, -0.2) is 18.0 Å². The SMILES string of the molecule is COC(=O)c1ccc(NS(=O)(=O)c2c(C)n(C)c(=O)n(C)c2=O)cc1. The van der Waals surface area contributed by atoms with Crippen LogP contribution in [0.4, 0.5) is 5.69 Å². The van der Waals surface area contributed by atoms with E-state index in [0.29, 0.717) is 0 Å². The highest BCUT2D eigenvalue weighted by molar-refractivity contribution is 7.92. The standard InChI is InChI=1S/C15H17N3O6S/c1-9-12(13(19)18(3)15(21)17(9)2)25(22,23)16-11-7-5-10(6-8-11)14(20)24-4/h5-8,16H,1-4H3. The quantitative estimate of drug-likeness (QED) is 0.759. The van der Waals surface area contributed by atoms with Crippen LogP contribution in [-0.2, 0) is 28.9 Å². The normalized spacial score (nSPS) is 11.2. The number of rotatable bonds is 4. The zero-order valence-electron chi connectivity index (χ0n) is 14.1. The molecule has 1 heterocycles. The number of nitrogens with one attached hydrogen (secondary N) is 1. The number of carbonyl (C=O) groups is 1. The molecule has 25 heavy (non-hydrogen) atoms. The molecule has 0 atom stereocenters. The first kappa shape index (κ1) is 18.5. The fourth-order valence-electron chi connectivity index (χ4n) is 2.22. The summed E-state index contributed by atoms with van der Waals surface area (Å²) in [6.45, 7) is 1.37. The number of aromatic nitrogens is 2. The summed E-state index contributed by atoms with van der Waals surface area (Å²) in [5.41, 5.74) is -1.11. The van der Waals surface area contributed by atoms with Crippen LogP contribution in [-0.4, -0.2) is 30.6 Å². The van der Waals surface area contributed by atoms with E-state index in [1.54, 1.807) is 0 Å². The minimum absolute atomic E-state index is 0.0202. The van der Waals surface area contributed by atoms with Gasteiger partial charge in [-0.3, -0.25) is 18.7 Å². The van der Waals surface area contributed by atoms with E-state index in [9.17, 15) is 22.8 Å². The predicted molar refractivity (Wildman–Crippen MR) is 90.3 cm³/mol. The van der Waals surface area contributed by atoms with Gasteiger partial charge in [-0.05, 0) is 31.2 Å². The minimum Gasteiger partial charge on any atom is -0.465 e. The van der Waals surface area contributed by atoms with Crippen LogP contribution < -0.4 is 16.0 Å². The predicted octanol–water partition coefficient (Wildman–Crippen LogP) is -0.0202. The monoisotopic (exact) mass is 367 g/mol. The van der Waals surface area contributed by atoms with E-state index in [0.717, 1.165) is 9.13 Å². The highest BCUT2D eigenvalue weighted by atomic mass is 32.2. The fraction of sp³-hybridized carbons (Fsp3) is 0.267. The number of nitrogens with zero attached hydrogens (tertiary/aromatic N) is 2. The number of benzene rings is 1. The number of methoxy groups -OCH3 is 1. The van der Waals surface area contributed by atoms with Gasteiger partial charge in [0.05, 0.1) is 12.7 Å². The van der Waals surface area contributed by atoms with Crippen LogP contribution in [0.15, 0.2) is 38.8 Å². The molecule has 2 rings (SSSR count). The van der Waals surface area contributed by atoms with Crippen LogP contribution in [0.5, 0.6) is 0 Å². The Morgan fingerprint density at radius 2 is 1.64 bits per heavy atom. The van der Waals surface area contributed by atoms with Gasteiger partial charge in [-0.1, -0.05) is 0 Å². The van der Waals surface area contributed by atoms with Crippen molar-refractivity contribution in [1.82, 2.24) is 9.13 Å². The largest absolute Gasteiger partial charge is 0.465 e. The number of ether oxygens (including phenoxy) is 1. The molecule has 0 saturated carbocycles. The second-order valence-corrected chi connectivity index (χ2v) is 6.91. The third kappa shape index (κ3) is 3.33. The van der Waals surface area contributed by atoms with Crippen LogP contribution in [0, 0.1) is 6.92 Å². The van der Waals surface area contributed by atoms with Gasteiger partial charge in [0.2, 0.25) is 0 Å². The van der Waals surface area contributed by atoms with Crippen LogP contribution in [0.2, 0.25) is 0 Å². The molecule has 0 saturated heterocycles. The van der Waals surface area contributed by atoms with Gasteiger partial charge in [-0.15, -0.1) is 0 Å². The van der Waals surface area contributed by atoms with Gasteiger partial charge in [0.15, 0.2) is 4.90 Å². The smallest absolute Gasteiger partial charge is 0.337 e. The zero-order valence-corrected chi connectivity index (χ0v) is 14.9. The first-order valence-corrected chi connectivity index (χ1v) is 8.56. The first-order chi connectivity index (χ1) is 11.6. The van der Waals surface area contributed by atoms with Gasteiger partial charge >= 0.3 is 11.7 Å². The summed E-state index contributed by atoms with van der Waals surface area (Å²) in [5, 5.41) is 0. The molecule has 0 spiro atoms. The van der Waals surface area contributed by atoms with E-state index < -0.39 is 32.1 Å². The summed E-state index contributed by atoms with van der Waals surface area (Å²) in [6.07, 6.45) is 0. The van der Waals surface area contributed by atoms with E-state index in [-0.39, 0.29) is 16.9 Å². The lowest BCUT2D eigenvalue weighted by atomic mass is 10.2. The third-order valence-corrected chi connectivity index (χ3v) is 5.24.